The maximum Gasteiger partial charge on any atom is 0.144 e. The summed E-state index contributed by atoms with van der Waals surface area (Å²) in [7, 11) is 0. The number of nitrogens with zero attached hydrogens (tertiary/aromatic N) is 4. The molecule has 0 aliphatic carbocycles. The molecule has 0 unspecified atom stereocenters. The molecule has 4 rings (SSSR count). The number of pyridine rings is 1. The van der Waals surface area contributed by atoms with Crippen LogP contribution in [-0.4, -0.2) is 30.1 Å². The number of aromatic amines is 2. The van der Waals surface area contributed by atoms with Crippen molar-refractivity contribution in [2.45, 2.75) is 20.3 Å². The highest BCUT2D eigenvalue weighted by Gasteiger charge is 2.13. The quantitative estimate of drug-likeness (QED) is 0.540. The molecule has 7 nitrogen and oxygen atoms in total. The van der Waals surface area contributed by atoms with Gasteiger partial charge < -0.3 is 10.3 Å². The summed E-state index contributed by atoms with van der Waals surface area (Å²) in [5, 5.41) is 12.2. The van der Waals surface area contributed by atoms with E-state index in [1.807, 2.05) is 6.07 Å². The molecule has 4 aromatic heterocycles. The van der Waals surface area contributed by atoms with Crippen LogP contribution in [-0.2, 0) is 6.42 Å². The number of rotatable bonds is 3. The standard InChI is InChI=1S/C15H15N7/c1-3-10-8(2)13-14(20-10)17-7-18-15(13)21-12-4-9-5-19-22-11(9)6-16-12/h4-7H,3H2,1-2H3,(H,19,22)(H2,16,17,18,20,21). The summed E-state index contributed by atoms with van der Waals surface area (Å²) in [4.78, 5) is 16.4. The number of hydrogen-bond donors (Lipinski definition) is 3. The van der Waals surface area contributed by atoms with Crippen molar-refractivity contribution in [3.05, 3.63) is 36.0 Å². The van der Waals surface area contributed by atoms with Crippen LogP contribution in [0.25, 0.3) is 21.9 Å². The first-order valence-electron chi connectivity index (χ1n) is 7.14. The van der Waals surface area contributed by atoms with Crippen LogP contribution in [0.3, 0.4) is 0 Å². The van der Waals surface area contributed by atoms with Gasteiger partial charge in [0.2, 0.25) is 0 Å². The van der Waals surface area contributed by atoms with E-state index in [1.54, 1.807) is 18.7 Å². The third kappa shape index (κ3) is 1.90. The van der Waals surface area contributed by atoms with E-state index in [-0.39, 0.29) is 0 Å². The van der Waals surface area contributed by atoms with Gasteiger partial charge in [-0.1, -0.05) is 6.92 Å². The minimum Gasteiger partial charge on any atom is -0.343 e. The van der Waals surface area contributed by atoms with Crippen LogP contribution in [0.15, 0.2) is 24.8 Å². The van der Waals surface area contributed by atoms with Crippen molar-refractivity contribution in [2.24, 2.45) is 0 Å². The summed E-state index contributed by atoms with van der Waals surface area (Å²) in [5.74, 6) is 1.49. The van der Waals surface area contributed by atoms with Crippen molar-refractivity contribution < 1.29 is 0 Å². The maximum atomic E-state index is 4.38. The van der Waals surface area contributed by atoms with Crippen LogP contribution >= 0.6 is 0 Å². The lowest BCUT2D eigenvalue weighted by Crippen LogP contribution is -1.97. The Hall–Kier alpha value is -2.96. The van der Waals surface area contributed by atoms with Crippen LogP contribution in [0, 0.1) is 6.92 Å². The Morgan fingerprint density at radius 3 is 2.95 bits per heavy atom. The second-order valence-electron chi connectivity index (χ2n) is 5.18. The summed E-state index contributed by atoms with van der Waals surface area (Å²) < 4.78 is 0. The topological polar surface area (TPSA) is 95.2 Å². The van der Waals surface area contributed by atoms with Crippen LogP contribution in [0.4, 0.5) is 11.6 Å². The Balaban J connectivity index is 1.81. The van der Waals surface area contributed by atoms with Gasteiger partial charge in [0.25, 0.3) is 0 Å². The third-order valence-electron chi connectivity index (χ3n) is 3.87. The fourth-order valence-electron chi connectivity index (χ4n) is 2.70. The number of fused-ring (bicyclic) bond motifs is 2. The first-order chi connectivity index (χ1) is 10.8. The van der Waals surface area contributed by atoms with Crippen LogP contribution in [0.5, 0.6) is 0 Å². The van der Waals surface area contributed by atoms with Gasteiger partial charge in [0.15, 0.2) is 0 Å². The molecule has 7 heteroatoms. The van der Waals surface area contributed by atoms with E-state index in [0.29, 0.717) is 0 Å². The summed E-state index contributed by atoms with van der Waals surface area (Å²) >= 11 is 0. The van der Waals surface area contributed by atoms with E-state index < -0.39 is 0 Å². The van der Waals surface area contributed by atoms with E-state index in [2.05, 4.69) is 49.3 Å². The van der Waals surface area contributed by atoms with Gasteiger partial charge in [-0.05, 0) is 25.0 Å². The van der Waals surface area contributed by atoms with Gasteiger partial charge in [0.1, 0.15) is 23.6 Å². The number of H-pyrrole nitrogens is 2. The van der Waals surface area contributed by atoms with Crippen LogP contribution in [0.1, 0.15) is 18.2 Å². The second-order valence-corrected chi connectivity index (χ2v) is 5.18. The lowest BCUT2D eigenvalue weighted by atomic mass is 10.1. The number of anilines is 2. The first kappa shape index (κ1) is 12.8. The molecule has 0 spiro atoms. The zero-order valence-electron chi connectivity index (χ0n) is 12.3. The predicted octanol–water partition coefficient (Wildman–Crippen LogP) is 2.84. The molecule has 0 aliphatic heterocycles. The van der Waals surface area contributed by atoms with E-state index in [4.69, 9.17) is 0 Å². The minimum absolute atomic E-state index is 0.729. The number of aryl methyl sites for hydroxylation is 2. The fraction of sp³-hybridized carbons (Fsp3) is 0.200. The molecule has 0 bridgehead atoms. The molecule has 3 N–H and O–H groups in total. The van der Waals surface area contributed by atoms with Gasteiger partial charge in [-0.25, -0.2) is 15.0 Å². The predicted molar refractivity (Wildman–Crippen MR) is 85.2 cm³/mol. The third-order valence-corrected chi connectivity index (χ3v) is 3.87. The Labute approximate surface area is 126 Å². The number of hydrogen-bond acceptors (Lipinski definition) is 5. The summed E-state index contributed by atoms with van der Waals surface area (Å²) in [5.41, 5.74) is 4.10. The Morgan fingerprint density at radius 1 is 1.18 bits per heavy atom. The highest BCUT2D eigenvalue weighted by Crippen LogP contribution is 2.28. The zero-order valence-corrected chi connectivity index (χ0v) is 12.3. The normalized spacial score (nSPS) is 11.4. The second kappa shape index (κ2) is 4.80. The van der Waals surface area contributed by atoms with Gasteiger partial charge in [0.05, 0.1) is 23.3 Å². The Kier molecular flexibility index (Phi) is 2.78. The average molecular weight is 293 g/mol. The lowest BCUT2D eigenvalue weighted by Gasteiger charge is -2.06. The first-order valence-corrected chi connectivity index (χ1v) is 7.14. The van der Waals surface area contributed by atoms with Gasteiger partial charge in [-0.2, -0.15) is 5.10 Å². The summed E-state index contributed by atoms with van der Waals surface area (Å²) in [6.07, 6.45) is 6.01. The van der Waals surface area contributed by atoms with Crippen molar-refractivity contribution in [1.82, 2.24) is 30.1 Å². The molecule has 4 heterocycles. The van der Waals surface area contributed by atoms with Gasteiger partial charge in [-0.3, -0.25) is 5.10 Å². The van der Waals surface area contributed by atoms with Gasteiger partial charge >= 0.3 is 0 Å². The van der Waals surface area contributed by atoms with Crippen molar-refractivity contribution in [3.63, 3.8) is 0 Å². The molecule has 0 saturated heterocycles. The molecule has 0 amide bonds. The van der Waals surface area contributed by atoms with Crippen molar-refractivity contribution in [1.29, 1.82) is 0 Å². The van der Waals surface area contributed by atoms with Crippen LogP contribution < -0.4 is 5.32 Å². The molecule has 110 valence electrons. The molecular formula is C15H15N7. The molecule has 4 aromatic rings. The van der Waals surface area contributed by atoms with Gasteiger partial charge in [-0.15, -0.1) is 0 Å². The highest BCUT2D eigenvalue weighted by molar-refractivity contribution is 5.93. The molecule has 0 aromatic carbocycles. The average Bonchev–Trinajstić information content (AvgIpc) is 3.12. The fourth-order valence-corrected chi connectivity index (χ4v) is 2.70. The SMILES string of the molecule is CCc1[nH]c2ncnc(Nc3cc4cn[nH]c4cn3)c2c1C. The smallest absolute Gasteiger partial charge is 0.144 e. The number of nitrogens with one attached hydrogen (secondary N) is 3. The summed E-state index contributed by atoms with van der Waals surface area (Å²) in [6, 6.07) is 1.94. The largest absolute Gasteiger partial charge is 0.343 e. The number of aromatic nitrogens is 6. The van der Waals surface area contributed by atoms with Gasteiger partial charge in [0, 0.05) is 11.1 Å². The van der Waals surface area contributed by atoms with E-state index in [9.17, 15) is 0 Å². The van der Waals surface area contributed by atoms with Crippen molar-refractivity contribution in [2.75, 3.05) is 5.32 Å². The molecule has 0 saturated carbocycles. The van der Waals surface area contributed by atoms with Crippen LogP contribution in [0.2, 0.25) is 0 Å². The molecule has 22 heavy (non-hydrogen) atoms. The molecular weight excluding hydrogens is 278 g/mol. The summed E-state index contributed by atoms with van der Waals surface area (Å²) in [6.45, 7) is 4.20. The Bertz CT molecular complexity index is 967. The van der Waals surface area contributed by atoms with Crippen molar-refractivity contribution in [3.8, 4) is 0 Å². The Morgan fingerprint density at radius 2 is 2.09 bits per heavy atom. The van der Waals surface area contributed by atoms with Crippen molar-refractivity contribution >= 4 is 33.6 Å². The maximum absolute atomic E-state index is 4.38. The monoisotopic (exact) mass is 293 g/mol. The minimum atomic E-state index is 0.729. The zero-order chi connectivity index (χ0) is 15.1. The van der Waals surface area contributed by atoms with E-state index >= 15 is 0 Å². The molecule has 0 aliphatic rings. The molecule has 0 radical (unpaired) electrons. The highest BCUT2D eigenvalue weighted by atomic mass is 15.1. The lowest BCUT2D eigenvalue weighted by molar-refractivity contribution is 1.05. The molecule has 0 fully saturated rings. The van der Waals surface area contributed by atoms with E-state index in [0.717, 1.165) is 40.0 Å². The van der Waals surface area contributed by atoms with E-state index in [1.165, 1.54) is 11.3 Å². The molecule has 0 atom stereocenters.